The minimum absolute atomic E-state index is 0.623. The lowest BCUT2D eigenvalue weighted by Crippen LogP contribution is -2.06. The lowest BCUT2D eigenvalue weighted by Gasteiger charge is -2.06. The zero-order valence-electron chi connectivity index (χ0n) is 8.14. The van der Waals surface area contributed by atoms with Gasteiger partial charge in [0.2, 0.25) is 0 Å². The van der Waals surface area contributed by atoms with Gasteiger partial charge in [0.15, 0.2) is 0 Å². The predicted octanol–water partition coefficient (Wildman–Crippen LogP) is 2.62. The Morgan fingerprint density at radius 1 is 1.27 bits per heavy atom. The van der Waals surface area contributed by atoms with Crippen LogP contribution in [-0.2, 0) is 6.54 Å². The zero-order chi connectivity index (χ0) is 10.5. The van der Waals surface area contributed by atoms with Crippen molar-refractivity contribution >= 4 is 11.6 Å². The average molecular weight is 223 g/mol. The van der Waals surface area contributed by atoms with E-state index in [9.17, 15) is 0 Å². The number of imidazole rings is 1. The van der Waals surface area contributed by atoms with E-state index < -0.39 is 0 Å². The minimum Gasteiger partial charge on any atom is -0.492 e. The third kappa shape index (κ3) is 2.99. The Morgan fingerprint density at radius 2 is 2.07 bits per heavy atom. The lowest BCUT2D eigenvalue weighted by molar-refractivity contribution is 0.298. The summed E-state index contributed by atoms with van der Waals surface area (Å²) >= 11 is 5.76. The molecule has 0 bridgehead atoms. The Bertz CT molecular complexity index is 397. The third-order valence-corrected chi connectivity index (χ3v) is 2.24. The number of aromatic nitrogens is 2. The van der Waals surface area contributed by atoms with Gasteiger partial charge in [-0.1, -0.05) is 11.6 Å². The number of rotatable bonds is 4. The average Bonchev–Trinajstić information content (AvgIpc) is 2.74. The van der Waals surface area contributed by atoms with E-state index in [4.69, 9.17) is 16.3 Å². The summed E-state index contributed by atoms with van der Waals surface area (Å²) in [5.74, 6) is 0.833. The molecule has 0 aliphatic rings. The van der Waals surface area contributed by atoms with E-state index in [0.29, 0.717) is 6.61 Å². The molecule has 0 saturated carbocycles. The summed E-state index contributed by atoms with van der Waals surface area (Å²) in [5.41, 5.74) is 0. The van der Waals surface area contributed by atoms with Gasteiger partial charge in [0, 0.05) is 17.4 Å². The molecule has 1 aromatic carbocycles. The Kier molecular flexibility index (Phi) is 3.25. The Morgan fingerprint density at radius 3 is 2.73 bits per heavy atom. The summed E-state index contributed by atoms with van der Waals surface area (Å²) in [4.78, 5) is 3.95. The standard InChI is InChI=1S/C11H11ClN2O/c12-10-1-3-11(4-2-10)15-8-7-14-6-5-13-9-14/h1-6,9H,7-8H2. The molecule has 0 radical (unpaired) electrons. The molecular formula is C11H11ClN2O. The molecule has 0 atom stereocenters. The fourth-order valence-corrected chi connectivity index (χ4v) is 1.34. The van der Waals surface area contributed by atoms with Gasteiger partial charge in [-0.25, -0.2) is 4.98 Å². The topological polar surface area (TPSA) is 27.1 Å². The summed E-state index contributed by atoms with van der Waals surface area (Å²) in [5, 5.41) is 0.719. The van der Waals surface area contributed by atoms with Crippen LogP contribution in [0.1, 0.15) is 0 Å². The molecule has 0 N–H and O–H groups in total. The largest absolute Gasteiger partial charge is 0.492 e. The predicted molar refractivity (Wildman–Crippen MR) is 59.2 cm³/mol. The Balaban J connectivity index is 1.81. The molecule has 0 unspecified atom stereocenters. The van der Waals surface area contributed by atoms with Gasteiger partial charge in [-0.05, 0) is 24.3 Å². The van der Waals surface area contributed by atoms with Gasteiger partial charge in [0.05, 0.1) is 12.9 Å². The molecule has 1 heterocycles. The summed E-state index contributed by atoms with van der Waals surface area (Å²) in [6.07, 6.45) is 5.43. The van der Waals surface area contributed by atoms with E-state index >= 15 is 0 Å². The van der Waals surface area contributed by atoms with E-state index in [1.165, 1.54) is 0 Å². The van der Waals surface area contributed by atoms with Crippen LogP contribution in [0.5, 0.6) is 5.75 Å². The van der Waals surface area contributed by atoms with Gasteiger partial charge in [-0.3, -0.25) is 0 Å². The molecule has 0 aliphatic heterocycles. The van der Waals surface area contributed by atoms with Crippen LogP contribution in [0, 0.1) is 0 Å². The number of benzene rings is 1. The van der Waals surface area contributed by atoms with Crippen LogP contribution in [0.25, 0.3) is 0 Å². The van der Waals surface area contributed by atoms with Gasteiger partial charge in [-0.2, -0.15) is 0 Å². The van der Waals surface area contributed by atoms with Gasteiger partial charge >= 0.3 is 0 Å². The molecule has 2 rings (SSSR count). The summed E-state index contributed by atoms with van der Waals surface area (Å²) in [6.45, 7) is 1.42. The first-order valence-electron chi connectivity index (χ1n) is 4.69. The summed E-state index contributed by atoms with van der Waals surface area (Å²) in [7, 11) is 0. The third-order valence-electron chi connectivity index (χ3n) is 1.99. The molecule has 4 heteroatoms. The highest BCUT2D eigenvalue weighted by molar-refractivity contribution is 6.30. The SMILES string of the molecule is Clc1ccc(OCCn2ccnc2)cc1. The molecular weight excluding hydrogens is 212 g/mol. The molecule has 0 amide bonds. The highest BCUT2D eigenvalue weighted by Crippen LogP contribution is 2.15. The van der Waals surface area contributed by atoms with Crippen LogP contribution in [0.3, 0.4) is 0 Å². The molecule has 78 valence electrons. The molecule has 0 spiro atoms. The molecule has 2 aromatic rings. The summed E-state index contributed by atoms with van der Waals surface area (Å²) < 4.78 is 7.50. The van der Waals surface area contributed by atoms with E-state index in [1.54, 1.807) is 12.5 Å². The first-order valence-corrected chi connectivity index (χ1v) is 5.06. The van der Waals surface area contributed by atoms with Crippen molar-refractivity contribution in [2.24, 2.45) is 0 Å². The second-order valence-electron chi connectivity index (χ2n) is 3.10. The Labute approximate surface area is 93.3 Å². The zero-order valence-corrected chi connectivity index (χ0v) is 8.89. The fourth-order valence-electron chi connectivity index (χ4n) is 1.22. The van der Waals surface area contributed by atoms with Gasteiger partial charge in [-0.15, -0.1) is 0 Å². The van der Waals surface area contributed by atoms with Crippen molar-refractivity contribution in [2.45, 2.75) is 6.54 Å². The quantitative estimate of drug-likeness (QED) is 0.795. The van der Waals surface area contributed by atoms with E-state index in [0.717, 1.165) is 17.3 Å². The van der Waals surface area contributed by atoms with E-state index in [2.05, 4.69) is 4.98 Å². The van der Waals surface area contributed by atoms with E-state index in [-0.39, 0.29) is 0 Å². The van der Waals surface area contributed by atoms with Crippen LogP contribution < -0.4 is 4.74 Å². The maximum absolute atomic E-state index is 5.76. The summed E-state index contributed by atoms with van der Waals surface area (Å²) in [6, 6.07) is 7.34. The number of hydrogen-bond donors (Lipinski definition) is 0. The molecule has 3 nitrogen and oxygen atoms in total. The van der Waals surface area contributed by atoms with Crippen molar-refractivity contribution in [1.29, 1.82) is 0 Å². The van der Waals surface area contributed by atoms with Crippen molar-refractivity contribution in [2.75, 3.05) is 6.61 Å². The van der Waals surface area contributed by atoms with Crippen molar-refractivity contribution in [3.8, 4) is 5.75 Å². The first-order chi connectivity index (χ1) is 7.34. The van der Waals surface area contributed by atoms with Crippen molar-refractivity contribution in [1.82, 2.24) is 9.55 Å². The second-order valence-corrected chi connectivity index (χ2v) is 3.54. The van der Waals surface area contributed by atoms with Gasteiger partial charge in [0.1, 0.15) is 12.4 Å². The number of halogens is 1. The van der Waals surface area contributed by atoms with Gasteiger partial charge < -0.3 is 9.30 Å². The smallest absolute Gasteiger partial charge is 0.119 e. The molecule has 0 fully saturated rings. The van der Waals surface area contributed by atoms with Crippen molar-refractivity contribution in [3.05, 3.63) is 48.0 Å². The highest BCUT2D eigenvalue weighted by Gasteiger charge is 1.94. The normalized spacial score (nSPS) is 10.2. The van der Waals surface area contributed by atoms with Crippen LogP contribution >= 0.6 is 11.6 Å². The minimum atomic E-state index is 0.623. The number of nitrogens with zero attached hydrogens (tertiary/aromatic N) is 2. The number of ether oxygens (including phenoxy) is 1. The lowest BCUT2D eigenvalue weighted by atomic mass is 10.3. The van der Waals surface area contributed by atoms with Crippen LogP contribution in [0.15, 0.2) is 43.0 Å². The highest BCUT2D eigenvalue weighted by atomic mass is 35.5. The van der Waals surface area contributed by atoms with Crippen LogP contribution in [-0.4, -0.2) is 16.2 Å². The Hall–Kier alpha value is -1.48. The molecule has 1 aromatic heterocycles. The van der Waals surface area contributed by atoms with Crippen LogP contribution in [0.4, 0.5) is 0 Å². The monoisotopic (exact) mass is 222 g/mol. The fraction of sp³-hybridized carbons (Fsp3) is 0.182. The molecule has 0 aliphatic carbocycles. The first kappa shape index (κ1) is 10.1. The van der Waals surface area contributed by atoms with Crippen LogP contribution in [0.2, 0.25) is 5.02 Å². The second kappa shape index (κ2) is 4.84. The maximum atomic E-state index is 5.76. The number of hydrogen-bond acceptors (Lipinski definition) is 2. The molecule has 0 saturated heterocycles. The maximum Gasteiger partial charge on any atom is 0.119 e. The van der Waals surface area contributed by atoms with Gasteiger partial charge in [0.25, 0.3) is 0 Å². The van der Waals surface area contributed by atoms with Crippen molar-refractivity contribution < 1.29 is 4.74 Å². The van der Waals surface area contributed by atoms with E-state index in [1.807, 2.05) is 35.0 Å². The van der Waals surface area contributed by atoms with Crippen molar-refractivity contribution in [3.63, 3.8) is 0 Å². The molecule has 15 heavy (non-hydrogen) atoms.